The van der Waals surface area contributed by atoms with E-state index in [9.17, 15) is 8.42 Å². The molecule has 0 radical (unpaired) electrons. The quantitative estimate of drug-likeness (QED) is 0.899. The van der Waals surface area contributed by atoms with E-state index in [1.165, 1.54) is 0 Å². The molecule has 24 heavy (non-hydrogen) atoms. The van der Waals surface area contributed by atoms with Gasteiger partial charge < -0.3 is 9.80 Å². The zero-order valence-corrected chi connectivity index (χ0v) is 14.6. The van der Waals surface area contributed by atoms with Crippen LogP contribution in [0.1, 0.15) is 5.56 Å². The van der Waals surface area contributed by atoms with Gasteiger partial charge in [-0.25, -0.2) is 8.42 Å². The zero-order chi connectivity index (χ0) is 17.2. The highest BCUT2D eigenvalue weighted by atomic mass is 32.2. The summed E-state index contributed by atoms with van der Waals surface area (Å²) in [6.45, 7) is 5.49. The van der Waals surface area contributed by atoms with Gasteiger partial charge in [-0.1, -0.05) is 18.2 Å². The van der Waals surface area contributed by atoms with E-state index < -0.39 is 10.0 Å². The molecule has 1 saturated heterocycles. The molecule has 1 N–H and O–H groups in total. The van der Waals surface area contributed by atoms with Crippen LogP contribution in [-0.4, -0.2) is 56.7 Å². The number of nitrogens with one attached hydrogen (secondary N) is 1. The molecule has 0 unspecified atom stereocenters. The molecule has 7 nitrogen and oxygen atoms in total. The number of benzene rings is 1. The Labute approximate surface area is 142 Å². The Morgan fingerprint density at radius 3 is 2.33 bits per heavy atom. The minimum absolute atomic E-state index is 0.219. The lowest BCUT2D eigenvalue weighted by atomic mass is 10.2. The zero-order valence-electron chi connectivity index (χ0n) is 13.8. The summed E-state index contributed by atoms with van der Waals surface area (Å²) in [6, 6.07) is 10.3. The molecule has 1 aliphatic heterocycles. The summed E-state index contributed by atoms with van der Waals surface area (Å²) in [6.07, 6.45) is 0. The molecule has 0 aliphatic carbocycles. The van der Waals surface area contributed by atoms with Crippen LogP contribution in [-0.2, 0) is 10.0 Å². The van der Waals surface area contributed by atoms with Crippen molar-refractivity contribution >= 4 is 21.7 Å². The first-order chi connectivity index (χ1) is 11.5. The number of aryl methyl sites for hydroxylation is 1. The number of likely N-dealkylation sites (N-methyl/N-ethyl adjacent to an activating group) is 1. The molecule has 128 valence electrons. The maximum atomic E-state index is 12.5. The molecule has 8 heteroatoms. The normalized spacial score (nSPS) is 16.2. The van der Waals surface area contributed by atoms with Crippen molar-refractivity contribution in [1.82, 2.24) is 15.1 Å². The molecular formula is C16H21N5O2S. The maximum absolute atomic E-state index is 12.5. The number of rotatable bonds is 4. The van der Waals surface area contributed by atoms with Crippen LogP contribution in [0.25, 0.3) is 0 Å². The Bertz CT molecular complexity index is 799. The summed E-state index contributed by atoms with van der Waals surface area (Å²) >= 11 is 0. The second kappa shape index (κ2) is 6.74. The predicted octanol–water partition coefficient (Wildman–Crippen LogP) is 1.34. The molecular weight excluding hydrogens is 326 g/mol. The number of hydrogen-bond donors (Lipinski definition) is 1. The first kappa shape index (κ1) is 16.7. The van der Waals surface area contributed by atoms with E-state index in [1.807, 2.05) is 0 Å². The van der Waals surface area contributed by atoms with Crippen molar-refractivity contribution in [3.05, 3.63) is 42.0 Å². The van der Waals surface area contributed by atoms with Gasteiger partial charge >= 0.3 is 0 Å². The number of aromatic nitrogens is 2. The summed E-state index contributed by atoms with van der Waals surface area (Å²) in [4.78, 5) is 4.65. The molecule has 1 aromatic carbocycles. The fourth-order valence-corrected chi connectivity index (χ4v) is 3.88. The highest BCUT2D eigenvalue weighted by Crippen LogP contribution is 2.19. The first-order valence-electron chi connectivity index (χ1n) is 7.81. The highest BCUT2D eigenvalue weighted by Gasteiger charge is 2.19. The second-order valence-electron chi connectivity index (χ2n) is 5.94. The number of hydrogen-bond acceptors (Lipinski definition) is 6. The average Bonchev–Trinajstić information content (AvgIpc) is 2.56. The Morgan fingerprint density at radius 1 is 1.00 bits per heavy atom. The van der Waals surface area contributed by atoms with E-state index in [-0.39, 0.29) is 10.7 Å². The van der Waals surface area contributed by atoms with E-state index in [1.54, 1.807) is 43.3 Å². The predicted molar refractivity (Wildman–Crippen MR) is 93.7 cm³/mol. The molecule has 0 amide bonds. The van der Waals surface area contributed by atoms with Crippen LogP contribution < -0.4 is 9.62 Å². The van der Waals surface area contributed by atoms with Gasteiger partial charge in [0.1, 0.15) is 0 Å². The molecule has 1 aromatic heterocycles. The Kier molecular flexibility index (Phi) is 4.68. The molecule has 0 atom stereocenters. The number of piperazine rings is 1. The standard InChI is InChI=1S/C16H21N5O2S/c1-13-5-3-4-6-14(13)24(22,23)19-15-7-8-16(18-17-15)21-11-9-20(2)10-12-21/h3-8H,9-12H2,1-2H3,(H,17,19). The van der Waals surface area contributed by atoms with Crippen LogP contribution in [0.4, 0.5) is 11.6 Å². The minimum atomic E-state index is -3.66. The van der Waals surface area contributed by atoms with E-state index in [2.05, 4.69) is 31.8 Å². The van der Waals surface area contributed by atoms with Crippen LogP contribution in [0.5, 0.6) is 0 Å². The van der Waals surface area contributed by atoms with Crippen molar-refractivity contribution in [2.24, 2.45) is 0 Å². The van der Waals surface area contributed by atoms with Gasteiger partial charge in [0.05, 0.1) is 4.90 Å². The highest BCUT2D eigenvalue weighted by molar-refractivity contribution is 7.92. The smallest absolute Gasteiger partial charge is 0.263 e. The first-order valence-corrected chi connectivity index (χ1v) is 9.30. The minimum Gasteiger partial charge on any atom is -0.353 e. The summed E-state index contributed by atoms with van der Waals surface area (Å²) in [7, 11) is -1.57. The van der Waals surface area contributed by atoms with E-state index >= 15 is 0 Å². The molecule has 1 fully saturated rings. The molecule has 3 rings (SSSR count). The SMILES string of the molecule is Cc1ccccc1S(=O)(=O)Nc1ccc(N2CCN(C)CC2)nn1. The number of anilines is 2. The number of sulfonamides is 1. The maximum Gasteiger partial charge on any atom is 0.263 e. The average molecular weight is 347 g/mol. The van der Waals surface area contributed by atoms with Crippen molar-refractivity contribution < 1.29 is 8.42 Å². The van der Waals surface area contributed by atoms with Crippen LogP contribution in [0.15, 0.2) is 41.3 Å². The molecule has 2 heterocycles. The van der Waals surface area contributed by atoms with E-state index in [0.29, 0.717) is 5.56 Å². The van der Waals surface area contributed by atoms with Gasteiger partial charge in [0, 0.05) is 26.2 Å². The van der Waals surface area contributed by atoms with Crippen molar-refractivity contribution in [2.45, 2.75) is 11.8 Å². The van der Waals surface area contributed by atoms with Gasteiger partial charge in [-0.15, -0.1) is 10.2 Å². The third-order valence-electron chi connectivity index (χ3n) is 4.10. The van der Waals surface area contributed by atoms with Gasteiger partial charge in [-0.3, -0.25) is 4.72 Å². The molecule has 0 saturated carbocycles. The van der Waals surface area contributed by atoms with E-state index in [0.717, 1.165) is 32.0 Å². The van der Waals surface area contributed by atoms with Crippen LogP contribution in [0, 0.1) is 6.92 Å². The Morgan fingerprint density at radius 2 is 1.71 bits per heavy atom. The molecule has 1 aliphatic rings. The second-order valence-corrected chi connectivity index (χ2v) is 7.59. The lowest BCUT2D eigenvalue weighted by Crippen LogP contribution is -2.44. The van der Waals surface area contributed by atoms with Crippen molar-refractivity contribution in [3.63, 3.8) is 0 Å². The number of nitrogens with zero attached hydrogens (tertiary/aromatic N) is 4. The van der Waals surface area contributed by atoms with Gasteiger partial charge in [0.25, 0.3) is 10.0 Å². The van der Waals surface area contributed by atoms with Crippen molar-refractivity contribution in [1.29, 1.82) is 0 Å². The van der Waals surface area contributed by atoms with Crippen molar-refractivity contribution in [3.8, 4) is 0 Å². The lowest BCUT2D eigenvalue weighted by molar-refractivity contribution is 0.312. The van der Waals surface area contributed by atoms with Gasteiger partial charge in [-0.05, 0) is 37.7 Å². The van der Waals surface area contributed by atoms with E-state index in [4.69, 9.17) is 0 Å². The summed E-state index contributed by atoms with van der Waals surface area (Å²) in [5, 5.41) is 8.18. The van der Waals surface area contributed by atoms with Crippen LogP contribution in [0.2, 0.25) is 0 Å². The summed E-state index contributed by atoms with van der Waals surface area (Å²) in [5.74, 6) is 0.984. The molecule has 0 spiro atoms. The summed E-state index contributed by atoms with van der Waals surface area (Å²) < 4.78 is 27.4. The third kappa shape index (κ3) is 3.65. The van der Waals surface area contributed by atoms with Gasteiger partial charge in [-0.2, -0.15) is 0 Å². The van der Waals surface area contributed by atoms with Crippen LogP contribution in [0.3, 0.4) is 0 Å². The third-order valence-corrected chi connectivity index (χ3v) is 5.61. The largest absolute Gasteiger partial charge is 0.353 e. The van der Waals surface area contributed by atoms with Crippen LogP contribution >= 0.6 is 0 Å². The Hall–Kier alpha value is -2.19. The lowest BCUT2D eigenvalue weighted by Gasteiger charge is -2.32. The van der Waals surface area contributed by atoms with Gasteiger partial charge in [0.15, 0.2) is 11.6 Å². The fraction of sp³-hybridized carbons (Fsp3) is 0.375. The summed E-state index contributed by atoms with van der Waals surface area (Å²) in [5.41, 5.74) is 0.687. The van der Waals surface area contributed by atoms with Crippen molar-refractivity contribution in [2.75, 3.05) is 42.8 Å². The molecule has 2 aromatic rings. The molecule has 0 bridgehead atoms. The van der Waals surface area contributed by atoms with Gasteiger partial charge in [0.2, 0.25) is 0 Å². The topological polar surface area (TPSA) is 78.4 Å². The Balaban J connectivity index is 1.73. The monoisotopic (exact) mass is 347 g/mol. The fourth-order valence-electron chi connectivity index (χ4n) is 2.63.